The van der Waals surface area contributed by atoms with E-state index in [1.54, 1.807) is 0 Å². The Balaban J connectivity index is 1.57. The maximum absolute atomic E-state index is 12.9. The van der Waals surface area contributed by atoms with Crippen LogP contribution < -0.4 is 5.32 Å². The molecule has 0 saturated heterocycles. The second kappa shape index (κ2) is 8.86. The second-order valence-corrected chi connectivity index (χ2v) is 8.30. The summed E-state index contributed by atoms with van der Waals surface area (Å²) in [6.07, 6.45) is 18.5. The fourth-order valence-corrected chi connectivity index (χ4v) is 5.12. The molecule has 0 heterocycles. The topological polar surface area (TPSA) is 66.4 Å². The molecule has 4 unspecified atom stereocenters. The number of hydrogen-bond donors (Lipinski definition) is 2. The Kier molecular flexibility index (Phi) is 6.55. The largest absolute Gasteiger partial charge is 0.481 e. The van der Waals surface area contributed by atoms with Gasteiger partial charge < -0.3 is 10.4 Å². The molecule has 2 saturated carbocycles. The van der Waals surface area contributed by atoms with E-state index >= 15 is 0 Å². The zero-order valence-electron chi connectivity index (χ0n) is 15.3. The van der Waals surface area contributed by atoms with Crippen LogP contribution in [0, 0.1) is 23.7 Å². The van der Waals surface area contributed by atoms with Crippen LogP contribution in [0.25, 0.3) is 0 Å². The molecule has 3 aliphatic carbocycles. The third-order valence-corrected chi connectivity index (χ3v) is 6.50. The fraction of sp³-hybridized carbons (Fsp3) is 0.810. The van der Waals surface area contributed by atoms with E-state index in [0.717, 1.165) is 19.3 Å². The molecule has 3 aliphatic rings. The zero-order valence-corrected chi connectivity index (χ0v) is 15.3. The quantitative estimate of drug-likeness (QED) is 0.748. The first kappa shape index (κ1) is 18.5. The number of nitrogens with one attached hydrogen (secondary N) is 1. The fourth-order valence-electron chi connectivity index (χ4n) is 5.12. The van der Waals surface area contributed by atoms with Gasteiger partial charge in [-0.3, -0.25) is 9.59 Å². The molecular formula is C21H33NO3. The number of carboxylic acid groups (broad SMARTS) is 1. The highest BCUT2D eigenvalue weighted by atomic mass is 16.4. The lowest BCUT2D eigenvalue weighted by Gasteiger charge is -2.27. The molecule has 3 rings (SSSR count). The molecule has 0 radical (unpaired) electrons. The number of aliphatic carboxylic acids is 1. The van der Waals surface area contributed by atoms with E-state index in [9.17, 15) is 14.7 Å². The van der Waals surface area contributed by atoms with Gasteiger partial charge in [-0.05, 0) is 31.1 Å². The molecule has 140 valence electrons. The predicted octanol–water partition coefficient (Wildman–Crippen LogP) is 4.30. The molecule has 0 spiro atoms. The summed E-state index contributed by atoms with van der Waals surface area (Å²) in [5, 5.41) is 12.8. The van der Waals surface area contributed by atoms with E-state index in [2.05, 4.69) is 11.4 Å². The van der Waals surface area contributed by atoms with Gasteiger partial charge in [-0.25, -0.2) is 0 Å². The molecule has 0 aromatic carbocycles. The van der Waals surface area contributed by atoms with Crippen LogP contribution in [-0.4, -0.2) is 23.0 Å². The first-order chi connectivity index (χ1) is 12.2. The van der Waals surface area contributed by atoms with Gasteiger partial charge in [0, 0.05) is 6.04 Å². The Morgan fingerprint density at radius 2 is 1.24 bits per heavy atom. The van der Waals surface area contributed by atoms with Gasteiger partial charge in [0.25, 0.3) is 0 Å². The molecule has 4 atom stereocenters. The molecule has 0 aromatic heterocycles. The van der Waals surface area contributed by atoms with Gasteiger partial charge in [-0.2, -0.15) is 0 Å². The third-order valence-electron chi connectivity index (χ3n) is 6.50. The van der Waals surface area contributed by atoms with Crippen LogP contribution in [0.3, 0.4) is 0 Å². The monoisotopic (exact) mass is 347 g/mol. The van der Waals surface area contributed by atoms with Gasteiger partial charge in [0.15, 0.2) is 0 Å². The predicted molar refractivity (Wildman–Crippen MR) is 98.1 cm³/mol. The summed E-state index contributed by atoms with van der Waals surface area (Å²) in [6.45, 7) is 0. The van der Waals surface area contributed by atoms with Crippen LogP contribution in [0.4, 0.5) is 0 Å². The smallest absolute Gasteiger partial charge is 0.307 e. The summed E-state index contributed by atoms with van der Waals surface area (Å²) in [5.41, 5.74) is 0. The van der Waals surface area contributed by atoms with Crippen molar-refractivity contribution in [3.05, 3.63) is 12.2 Å². The van der Waals surface area contributed by atoms with E-state index in [0.29, 0.717) is 0 Å². The van der Waals surface area contributed by atoms with Crippen LogP contribution in [0.15, 0.2) is 12.2 Å². The molecule has 0 aromatic rings. The molecule has 2 fully saturated rings. The minimum absolute atomic E-state index is 0.0126. The molecular weight excluding hydrogens is 314 g/mol. The van der Waals surface area contributed by atoms with E-state index < -0.39 is 11.9 Å². The molecule has 2 N–H and O–H groups in total. The van der Waals surface area contributed by atoms with Gasteiger partial charge in [0.2, 0.25) is 5.91 Å². The molecule has 4 heteroatoms. The van der Waals surface area contributed by atoms with Gasteiger partial charge in [0.05, 0.1) is 11.8 Å². The SMILES string of the molecule is O=C(O)C1C2C=CC(C2)C1C(=O)NC1CCCCCCCCCCC1. The minimum atomic E-state index is -0.810. The lowest BCUT2D eigenvalue weighted by atomic mass is 9.82. The van der Waals surface area contributed by atoms with Crippen molar-refractivity contribution >= 4 is 11.9 Å². The van der Waals surface area contributed by atoms with E-state index in [1.807, 2.05) is 6.08 Å². The summed E-state index contributed by atoms with van der Waals surface area (Å²) in [4.78, 5) is 24.5. The highest BCUT2D eigenvalue weighted by molar-refractivity contribution is 5.87. The number of allylic oxidation sites excluding steroid dienone is 2. The second-order valence-electron chi connectivity index (χ2n) is 8.30. The van der Waals surface area contributed by atoms with Crippen molar-refractivity contribution in [2.45, 2.75) is 83.1 Å². The molecule has 0 aliphatic heterocycles. The maximum atomic E-state index is 12.9. The van der Waals surface area contributed by atoms with Crippen LogP contribution in [0.2, 0.25) is 0 Å². The summed E-state index contributed by atoms with van der Waals surface area (Å²) in [7, 11) is 0. The third kappa shape index (κ3) is 4.65. The van der Waals surface area contributed by atoms with E-state index in [4.69, 9.17) is 0 Å². The lowest BCUT2D eigenvalue weighted by molar-refractivity contribution is -0.148. The Hall–Kier alpha value is -1.32. The summed E-state index contributed by atoms with van der Waals surface area (Å²) >= 11 is 0. The lowest BCUT2D eigenvalue weighted by Crippen LogP contribution is -2.44. The average molecular weight is 347 g/mol. The Morgan fingerprint density at radius 3 is 1.76 bits per heavy atom. The van der Waals surface area contributed by atoms with Crippen molar-refractivity contribution in [1.29, 1.82) is 0 Å². The van der Waals surface area contributed by atoms with Crippen LogP contribution >= 0.6 is 0 Å². The minimum Gasteiger partial charge on any atom is -0.481 e. The molecule has 25 heavy (non-hydrogen) atoms. The Labute approximate surface area is 151 Å². The average Bonchev–Trinajstić information content (AvgIpc) is 3.18. The number of fused-ring (bicyclic) bond motifs is 2. The maximum Gasteiger partial charge on any atom is 0.307 e. The molecule has 1 amide bonds. The Morgan fingerprint density at radius 1 is 0.760 bits per heavy atom. The first-order valence-corrected chi connectivity index (χ1v) is 10.4. The van der Waals surface area contributed by atoms with Crippen molar-refractivity contribution in [3.8, 4) is 0 Å². The number of hydrogen-bond acceptors (Lipinski definition) is 2. The van der Waals surface area contributed by atoms with Crippen molar-refractivity contribution < 1.29 is 14.7 Å². The summed E-state index contributed by atoms with van der Waals surface area (Å²) < 4.78 is 0. The highest BCUT2D eigenvalue weighted by Gasteiger charge is 2.51. The standard InChI is InChI=1S/C21H33NO3/c23-20(18-15-12-13-16(14-15)19(18)21(24)25)22-17-10-8-6-4-2-1-3-5-7-9-11-17/h12-13,15-19H,1-11,14H2,(H,22,23)(H,24,25). The van der Waals surface area contributed by atoms with Crippen molar-refractivity contribution in [3.63, 3.8) is 0 Å². The van der Waals surface area contributed by atoms with Crippen LogP contribution in [0.1, 0.15) is 77.0 Å². The zero-order chi connectivity index (χ0) is 17.6. The highest BCUT2D eigenvalue weighted by Crippen LogP contribution is 2.48. The van der Waals surface area contributed by atoms with Crippen molar-refractivity contribution in [2.75, 3.05) is 0 Å². The normalized spacial score (nSPS) is 34.2. The number of carboxylic acids is 1. The summed E-state index contributed by atoms with van der Waals surface area (Å²) in [6, 6.07) is 0.226. The van der Waals surface area contributed by atoms with Gasteiger partial charge in [-0.1, -0.05) is 69.9 Å². The van der Waals surface area contributed by atoms with Crippen LogP contribution in [0.5, 0.6) is 0 Å². The van der Waals surface area contributed by atoms with Crippen LogP contribution in [-0.2, 0) is 9.59 Å². The van der Waals surface area contributed by atoms with Gasteiger partial charge in [0.1, 0.15) is 0 Å². The summed E-state index contributed by atoms with van der Waals surface area (Å²) in [5.74, 6) is -1.54. The van der Waals surface area contributed by atoms with Crippen molar-refractivity contribution in [1.82, 2.24) is 5.32 Å². The molecule has 4 nitrogen and oxygen atoms in total. The number of amides is 1. The van der Waals surface area contributed by atoms with Gasteiger partial charge in [-0.15, -0.1) is 0 Å². The Bertz CT molecular complexity index is 489. The van der Waals surface area contributed by atoms with E-state index in [1.165, 1.54) is 57.8 Å². The molecule has 2 bridgehead atoms. The van der Waals surface area contributed by atoms with Gasteiger partial charge >= 0.3 is 5.97 Å². The number of rotatable bonds is 3. The number of carbonyl (C=O) groups is 2. The van der Waals surface area contributed by atoms with Crippen molar-refractivity contribution in [2.24, 2.45) is 23.7 Å². The number of carbonyl (C=O) groups excluding carboxylic acids is 1. The van der Waals surface area contributed by atoms with E-state index in [-0.39, 0.29) is 29.7 Å². The first-order valence-electron chi connectivity index (χ1n) is 10.4.